The zero-order chi connectivity index (χ0) is 18.9. The van der Waals surface area contributed by atoms with Crippen LogP contribution in [0.2, 0.25) is 0 Å². The van der Waals surface area contributed by atoms with Gasteiger partial charge < -0.3 is 10.6 Å². The van der Waals surface area contributed by atoms with Crippen LogP contribution in [0.1, 0.15) is 37.9 Å². The van der Waals surface area contributed by atoms with Gasteiger partial charge in [0.15, 0.2) is 0 Å². The van der Waals surface area contributed by atoms with Crippen molar-refractivity contribution in [3.05, 3.63) is 60.4 Å². The third-order valence-electron chi connectivity index (χ3n) is 6.06. The molecule has 2 aromatic carbocycles. The molecule has 2 atom stereocenters. The fourth-order valence-corrected chi connectivity index (χ4v) is 4.81. The summed E-state index contributed by atoms with van der Waals surface area (Å²) in [5.74, 6) is 1.07. The molecule has 1 amide bonds. The zero-order valence-corrected chi connectivity index (χ0v) is 16.0. The molecular formula is C23H26N4O. The number of piperidine rings is 1. The second-order valence-corrected chi connectivity index (χ2v) is 8.06. The van der Waals surface area contributed by atoms with E-state index in [2.05, 4.69) is 33.4 Å². The summed E-state index contributed by atoms with van der Waals surface area (Å²) in [7, 11) is 0. The Kier molecular flexibility index (Phi) is 4.61. The standard InChI is InChI=1S/C23H26N4O/c28-23(25-18-14-16-10-11-17(15-18)24-16)13-12-22-26-20-8-4-5-9-21(20)27(22)19-6-2-1-3-7-19/h1-9,16-18,24H,10-15H2,(H,25,28). The lowest BCUT2D eigenvalue weighted by Gasteiger charge is -2.29. The van der Waals surface area contributed by atoms with Gasteiger partial charge in [0.05, 0.1) is 11.0 Å². The number of aryl methyl sites for hydroxylation is 1. The summed E-state index contributed by atoms with van der Waals surface area (Å²) in [4.78, 5) is 17.4. The normalized spacial score (nSPS) is 23.8. The van der Waals surface area contributed by atoms with Gasteiger partial charge in [0, 0.05) is 36.7 Å². The Morgan fingerprint density at radius 2 is 1.75 bits per heavy atom. The highest BCUT2D eigenvalue weighted by molar-refractivity contribution is 5.79. The van der Waals surface area contributed by atoms with Crippen LogP contribution in [0.5, 0.6) is 0 Å². The molecule has 1 aromatic heterocycles. The van der Waals surface area contributed by atoms with Crippen molar-refractivity contribution in [3.63, 3.8) is 0 Å². The number of carbonyl (C=O) groups excluding carboxylic acids is 1. The number of amides is 1. The first-order valence-electron chi connectivity index (χ1n) is 10.3. The van der Waals surface area contributed by atoms with Gasteiger partial charge in [-0.25, -0.2) is 4.98 Å². The Morgan fingerprint density at radius 1 is 1.04 bits per heavy atom. The molecule has 5 rings (SSSR count). The lowest BCUT2D eigenvalue weighted by molar-refractivity contribution is -0.122. The van der Waals surface area contributed by atoms with Crippen LogP contribution in [0.25, 0.3) is 16.7 Å². The smallest absolute Gasteiger partial charge is 0.220 e. The van der Waals surface area contributed by atoms with Gasteiger partial charge in [-0.1, -0.05) is 30.3 Å². The van der Waals surface area contributed by atoms with Gasteiger partial charge >= 0.3 is 0 Å². The van der Waals surface area contributed by atoms with Crippen molar-refractivity contribution >= 4 is 16.9 Å². The van der Waals surface area contributed by atoms with E-state index >= 15 is 0 Å². The minimum absolute atomic E-state index is 0.137. The second kappa shape index (κ2) is 7.40. The number of carbonyl (C=O) groups is 1. The predicted molar refractivity (Wildman–Crippen MR) is 111 cm³/mol. The number of nitrogens with zero attached hydrogens (tertiary/aromatic N) is 2. The maximum Gasteiger partial charge on any atom is 0.220 e. The van der Waals surface area contributed by atoms with Crippen molar-refractivity contribution in [2.75, 3.05) is 0 Å². The van der Waals surface area contributed by atoms with Gasteiger partial charge in [-0.15, -0.1) is 0 Å². The fourth-order valence-electron chi connectivity index (χ4n) is 4.81. The Balaban J connectivity index is 1.32. The number of rotatable bonds is 5. The monoisotopic (exact) mass is 374 g/mol. The molecule has 0 aliphatic carbocycles. The first kappa shape index (κ1) is 17.4. The molecule has 3 heterocycles. The van der Waals surface area contributed by atoms with Crippen molar-refractivity contribution in [3.8, 4) is 5.69 Å². The Hall–Kier alpha value is -2.66. The topological polar surface area (TPSA) is 59.0 Å². The molecule has 144 valence electrons. The quantitative estimate of drug-likeness (QED) is 0.720. The maximum atomic E-state index is 12.6. The number of nitrogens with one attached hydrogen (secondary N) is 2. The summed E-state index contributed by atoms with van der Waals surface area (Å²) in [6.45, 7) is 0. The summed E-state index contributed by atoms with van der Waals surface area (Å²) >= 11 is 0. The van der Waals surface area contributed by atoms with Gasteiger partial charge in [-0.3, -0.25) is 9.36 Å². The lowest BCUT2D eigenvalue weighted by atomic mass is 9.99. The van der Waals surface area contributed by atoms with E-state index in [1.807, 2.05) is 36.4 Å². The van der Waals surface area contributed by atoms with Crippen molar-refractivity contribution in [1.82, 2.24) is 20.2 Å². The third kappa shape index (κ3) is 3.42. The van der Waals surface area contributed by atoms with Gasteiger partial charge in [0.25, 0.3) is 0 Å². The van der Waals surface area contributed by atoms with E-state index in [-0.39, 0.29) is 5.91 Å². The highest BCUT2D eigenvalue weighted by Crippen LogP contribution is 2.27. The summed E-state index contributed by atoms with van der Waals surface area (Å²) in [6.07, 6.45) is 5.72. The van der Waals surface area contributed by atoms with Crippen LogP contribution in [0.3, 0.4) is 0 Å². The highest BCUT2D eigenvalue weighted by Gasteiger charge is 2.33. The van der Waals surface area contributed by atoms with E-state index in [4.69, 9.17) is 4.98 Å². The molecule has 28 heavy (non-hydrogen) atoms. The molecule has 2 unspecified atom stereocenters. The van der Waals surface area contributed by atoms with Crippen molar-refractivity contribution in [2.45, 2.75) is 56.7 Å². The number of hydrogen-bond acceptors (Lipinski definition) is 3. The molecule has 5 heteroatoms. The van der Waals surface area contributed by atoms with Gasteiger partial charge in [0.2, 0.25) is 5.91 Å². The number of benzene rings is 2. The summed E-state index contributed by atoms with van der Waals surface area (Å²) < 4.78 is 2.17. The van der Waals surface area contributed by atoms with Gasteiger partial charge in [-0.2, -0.15) is 0 Å². The molecule has 0 radical (unpaired) electrons. The van der Waals surface area contributed by atoms with E-state index in [0.29, 0.717) is 31.0 Å². The Morgan fingerprint density at radius 3 is 2.54 bits per heavy atom. The highest BCUT2D eigenvalue weighted by atomic mass is 16.1. The lowest BCUT2D eigenvalue weighted by Crippen LogP contribution is -2.48. The minimum atomic E-state index is 0.137. The molecule has 2 aliphatic rings. The van der Waals surface area contributed by atoms with Crippen LogP contribution in [0, 0.1) is 0 Å². The number of hydrogen-bond donors (Lipinski definition) is 2. The number of imidazole rings is 1. The largest absolute Gasteiger partial charge is 0.353 e. The average molecular weight is 374 g/mol. The van der Waals surface area contributed by atoms with Crippen LogP contribution in [0.15, 0.2) is 54.6 Å². The summed E-state index contributed by atoms with van der Waals surface area (Å²) in [5.41, 5.74) is 3.14. The molecule has 3 aromatic rings. The molecule has 5 nitrogen and oxygen atoms in total. The Bertz CT molecular complexity index is 969. The van der Waals surface area contributed by atoms with E-state index in [0.717, 1.165) is 35.4 Å². The first-order valence-corrected chi connectivity index (χ1v) is 10.3. The molecular weight excluding hydrogens is 348 g/mol. The van der Waals surface area contributed by atoms with Crippen LogP contribution < -0.4 is 10.6 Å². The molecule has 2 bridgehead atoms. The van der Waals surface area contributed by atoms with Crippen LogP contribution >= 0.6 is 0 Å². The molecule has 2 saturated heterocycles. The SMILES string of the molecule is O=C(CCc1nc2ccccc2n1-c1ccccc1)NC1CC2CCC(C1)N2. The molecule has 2 fully saturated rings. The minimum Gasteiger partial charge on any atom is -0.353 e. The van der Waals surface area contributed by atoms with E-state index < -0.39 is 0 Å². The molecule has 2 N–H and O–H groups in total. The summed E-state index contributed by atoms with van der Waals surface area (Å²) in [5, 5.41) is 6.89. The zero-order valence-electron chi connectivity index (χ0n) is 16.0. The van der Waals surface area contributed by atoms with Crippen LogP contribution in [-0.4, -0.2) is 33.6 Å². The maximum absolute atomic E-state index is 12.6. The van der Waals surface area contributed by atoms with Gasteiger partial charge in [-0.05, 0) is 49.9 Å². The van der Waals surface area contributed by atoms with Crippen molar-refractivity contribution in [2.24, 2.45) is 0 Å². The average Bonchev–Trinajstić information content (AvgIpc) is 3.26. The number of fused-ring (bicyclic) bond motifs is 3. The first-order chi connectivity index (χ1) is 13.8. The predicted octanol–water partition coefficient (Wildman–Crippen LogP) is 3.36. The molecule has 2 aliphatic heterocycles. The van der Waals surface area contributed by atoms with Crippen molar-refractivity contribution < 1.29 is 4.79 Å². The van der Waals surface area contributed by atoms with Gasteiger partial charge in [0.1, 0.15) is 5.82 Å². The third-order valence-corrected chi connectivity index (χ3v) is 6.06. The van der Waals surface area contributed by atoms with E-state index in [9.17, 15) is 4.79 Å². The Labute approximate surface area is 165 Å². The fraction of sp³-hybridized carbons (Fsp3) is 0.391. The second-order valence-electron chi connectivity index (χ2n) is 8.06. The van der Waals surface area contributed by atoms with Crippen LogP contribution in [-0.2, 0) is 11.2 Å². The number of para-hydroxylation sites is 3. The van der Waals surface area contributed by atoms with E-state index in [1.165, 1.54) is 12.8 Å². The number of aromatic nitrogens is 2. The van der Waals surface area contributed by atoms with Crippen molar-refractivity contribution in [1.29, 1.82) is 0 Å². The summed E-state index contributed by atoms with van der Waals surface area (Å²) in [6, 6.07) is 19.9. The molecule has 0 saturated carbocycles. The molecule has 0 spiro atoms. The van der Waals surface area contributed by atoms with E-state index in [1.54, 1.807) is 0 Å². The van der Waals surface area contributed by atoms with Crippen LogP contribution in [0.4, 0.5) is 0 Å².